The molecule has 0 aliphatic carbocycles. The summed E-state index contributed by atoms with van der Waals surface area (Å²) < 4.78 is 5.33. The van der Waals surface area contributed by atoms with Gasteiger partial charge in [-0.05, 0) is 24.6 Å². The van der Waals surface area contributed by atoms with Crippen molar-refractivity contribution in [1.82, 2.24) is 9.88 Å². The summed E-state index contributed by atoms with van der Waals surface area (Å²) in [4.78, 5) is 20.2. The second-order valence-corrected chi connectivity index (χ2v) is 7.69. The number of benzene rings is 1. The molecule has 1 aliphatic heterocycles. The molecule has 1 aromatic heterocycles. The third-order valence-electron chi connectivity index (χ3n) is 4.61. The summed E-state index contributed by atoms with van der Waals surface area (Å²) in [5, 5.41) is 5.11. The summed E-state index contributed by atoms with van der Waals surface area (Å²) in [6.45, 7) is 7.47. The van der Waals surface area contributed by atoms with E-state index < -0.39 is 0 Å². The fourth-order valence-corrected chi connectivity index (χ4v) is 4.21. The number of aromatic nitrogens is 1. The van der Waals surface area contributed by atoms with Crippen LogP contribution in [0.4, 0.5) is 10.1 Å². The van der Waals surface area contributed by atoms with Crippen LogP contribution >= 0.6 is 22.9 Å². The van der Waals surface area contributed by atoms with Gasteiger partial charge in [-0.15, -0.1) is 0 Å². The first kappa shape index (κ1) is 18.9. The van der Waals surface area contributed by atoms with Crippen molar-refractivity contribution in [2.45, 2.75) is 19.9 Å². The van der Waals surface area contributed by atoms with Crippen molar-refractivity contribution in [2.75, 3.05) is 43.5 Å². The van der Waals surface area contributed by atoms with E-state index in [1.54, 1.807) is 7.11 Å². The van der Waals surface area contributed by atoms with E-state index in [9.17, 15) is 4.79 Å². The van der Waals surface area contributed by atoms with Gasteiger partial charge in [0.05, 0.1) is 18.3 Å². The van der Waals surface area contributed by atoms with E-state index in [1.165, 1.54) is 23.8 Å². The molecule has 1 atom stereocenters. The van der Waals surface area contributed by atoms with Gasteiger partial charge in [0, 0.05) is 39.1 Å². The fraction of sp³-hybridized carbons (Fsp3) is 0.444. The first-order chi connectivity index (χ1) is 12.5. The molecule has 26 heavy (non-hydrogen) atoms. The Balaban J connectivity index is 1.61. The maximum absolute atomic E-state index is 11.1. The molecule has 1 fully saturated rings. The van der Waals surface area contributed by atoms with Gasteiger partial charge in [-0.3, -0.25) is 9.69 Å². The van der Waals surface area contributed by atoms with Crippen LogP contribution in [0.15, 0.2) is 24.4 Å². The molecule has 8 heteroatoms. The van der Waals surface area contributed by atoms with E-state index in [1.807, 2.05) is 18.3 Å². The lowest BCUT2D eigenvalue weighted by atomic mass is 10.1. The number of hydrogen-bond acceptors (Lipinski definition) is 6. The average Bonchev–Trinajstić information content (AvgIpc) is 3.09. The molecule has 3 rings (SSSR count). The molecule has 0 saturated carbocycles. The summed E-state index contributed by atoms with van der Waals surface area (Å²) in [6, 6.07) is 6.26. The molecule has 1 unspecified atom stereocenters. The number of hydrogen-bond donors (Lipinski definition) is 1. The van der Waals surface area contributed by atoms with E-state index >= 15 is 0 Å². The molecule has 0 radical (unpaired) electrons. The number of carbonyl (C=O) groups is 1. The van der Waals surface area contributed by atoms with Crippen molar-refractivity contribution in [2.24, 2.45) is 0 Å². The van der Waals surface area contributed by atoms with Gasteiger partial charge < -0.3 is 15.0 Å². The molecule has 1 amide bonds. The van der Waals surface area contributed by atoms with Gasteiger partial charge in [0.2, 0.25) is 5.91 Å². The first-order valence-electron chi connectivity index (χ1n) is 8.53. The Morgan fingerprint density at radius 3 is 2.73 bits per heavy atom. The van der Waals surface area contributed by atoms with Crippen molar-refractivity contribution in [3.63, 3.8) is 0 Å². The topological polar surface area (TPSA) is 57.7 Å². The molecular formula is C18H23ClN4O2S. The van der Waals surface area contributed by atoms with Gasteiger partial charge in [-0.1, -0.05) is 29.0 Å². The minimum Gasteiger partial charge on any atom is -0.495 e. The number of nitrogens with one attached hydrogen (secondary N) is 1. The Hall–Kier alpha value is -1.83. The van der Waals surface area contributed by atoms with Crippen molar-refractivity contribution in [3.8, 4) is 5.75 Å². The number of thiazole rings is 1. The molecule has 1 aromatic carbocycles. The molecule has 140 valence electrons. The van der Waals surface area contributed by atoms with E-state index in [-0.39, 0.29) is 5.91 Å². The van der Waals surface area contributed by atoms with Gasteiger partial charge in [0.15, 0.2) is 5.13 Å². The fourth-order valence-electron chi connectivity index (χ4n) is 3.10. The van der Waals surface area contributed by atoms with Crippen LogP contribution in [-0.4, -0.2) is 49.1 Å². The lowest BCUT2D eigenvalue weighted by molar-refractivity contribution is -0.114. The van der Waals surface area contributed by atoms with Gasteiger partial charge in [0.25, 0.3) is 0 Å². The van der Waals surface area contributed by atoms with Crippen LogP contribution in [0.5, 0.6) is 5.75 Å². The molecule has 2 heterocycles. The number of anilines is 2. The predicted molar refractivity (Wildman–Crippen MR) is 107 cm³/mol. The molecule has 0 spiro atoms. The highest BCUT2D eigenvalue weighted by Crippen LogP contribution is 2.32. The SMILES string of the molecule is COc1cc(C(C)N2CCN(c3cnc(NC(C)=O)s3)CC2)ccc1Cl. The standard InChI is InChI=1S/C18H23ClN4O2S/c1-12(14-4-5-15(19)16(10-14)25-3)22-6-8-23(9-7-22)17-11-20-18(26-17)21-13(2)24/h4-5,10-12H,6-9H2,1-3H3,(H,20,21,24). The maximum Gasteiger partial charge on any atom is 0.223 e. The number of ether oxygens (including phenoxy) is 1. The maximum atomic E-state index is 11.1. The lowest BCUT2D eigenvalue weighted by Gasteiger charge is -2.38. The Bertz CT molecular complexity index is 774. The van der Waals surface area contributed by atoms with E-state index in [2.05, 4.69) is 33.1 Å². The van der Waals surface area contributed by atoms with Crippen molar-refractivity contribution >= 4 is 39.0 Å². The van der Waals surface area contributed by atoms with Crippen molar-refractivity contribution in [1.29, 1.82) is 0 Å². The van der Waals surface area contributed by atoms with Crippen LogP contribution in [0.1, 0.15) is 25.5 Å². The molecular weight excluding hydrogens is 372 g/mol. The molecule has 0 bridgehead atoms. The zero-order valence-electron chi connectivity index (χ0n) is 15.2. The minimum atomic E-state index is -0.0945. The normalized spacial score (nSPS) is 16.4. The number of carbonyl (C=O) groups excluding carboxylic acids is 1. The Morgan fingerprint density at radius 2 is 2.08 bits per heavy atom. The third kappa shape index (κ3) is 4.28. The van der Waals surface area contributed by atoms with Gasteiger partial charge in [-0.2, -0.15) is 0 Å². The zero-order chi connectivity index (χ0) is 18.7. The van der Waals surface area contributed by atoms with E-state index in [4.69, 9.17) is 16.3 Å². The Labute approximate surface area is 162 Å². The quantitative estimate of drug-likeness (QED) is 0.838. The molecule has 1 N–H and O–H groups in total. The number of piperazine rings is 1. The van der Waals surface area contributed by atoms with Crippen LogP contribution < -0.4 is 15.0 Å². The minimum absolute atomic E-state index is 0.0945. The highest BCUT2D eigenvalue weighted by molar-refractivity contribution is 7.19. The summed E-state index contributed by atoms with van der Waals surface area (Å²) in [5.41, 5.74) is 1.20. The lowest BCUT2D eigenvalue weighted by Crippen LogP contribution is -2.47. The van der Waals surface area contributed by atoms with Gasteiger partial charge in [-0.25, -0.2) is 4.98 Å². The second-order valence-electron chi connectivity index (χ2n) is 6.28. The van der Waals surface area contributed by atoms with Gasteiger partial charge in [0.1, 0.15) is 10.8 Å². The second kappa shape index (κ2) is 8.24. The number of methoxy groups -OCH3 is 1. The first-order valence-corrected chi connectivity index (χ1v) is 9.73. The average molecular weight is 395 g/mol. The van der Waals surface area contributed by atoms with Crippen LogP contribution in [0.3, 0.4) is 0 Å². The predicted octanol–water partition coefficient (Wildman–Crippen LogP) is 3.65. The summed E-state index contributed by atoms with van der Waals surface area (Å²) in [6.07, 6.45) is 1.83. The summed E-state index contributed by atoms with van der Waals surface area (Å²) in [5.74, 6) is 0.618. The van der Waals surface area contributed by atoms with Gasteiger partial charge >= 0.3 is 0 Å². The van der Waals surface area contributed by atoms with Crippen molar-refractivity contribution in [3.05, 3.63) is 35.0 Å². The van der Waals surface area contributed by atoms with Crippen LogP contribution in [0.25, 0.3) is 0 Å². The third-order valence-corrected chi connectivity index (χ3v) is 5.89. The molecule has 1 saturated heterocycles. The monoisotopic (exact) mass is 394 g/mol. The largest absolute Gasteiger partial charge is 0.495 e. The summed E-state index contributed by atoms with van der Waals surface area (Å²) >= 11 is 7.64. The number of nitrogens with zero attached hydrogens (tertiary/aromatic N) is 3. The zero-order valence-corrected chi connectivity index (χ0v) is 16.7. The number of amides is 1. The van der Waals surface area contributed by atoms with E-state index in [0.29, 0.717) is 21.9 Å². The Kier molecular flexibility index (Phi) is 6.01. The van der Waals surface area contributed by atoms with Crippen LogP contribution in [-0.2, 0) is 4.79 Å². The number of halogens is 1. The number of rotatable bonds is 5. The molecule has 2 aromatic rings. The smallest absolute Gasteiger partial charge is 0.223 e. The Morgan fingerprint density at radius 1 is 1.35 bits per heavy atom. The van der Waals surface area contributed by atoms with Crippen LogP contribution in [0.2, 0.25) is 5.02 Å². The van der Waals surface area contributed by atoms with Crippen LogP contribution in [0, 0.1) is 0 Å². The molecule has 6 nitrogen and oxygen atoms in total. The summed E-state index contributed by atoms with van der Waals surface area (Å²) in [7, 11) is 1.64. The van der Waals surface area contributed by atoms with E-state index in [0.717, 1.165) is 31.2 Å². The van der Waals surface area contributed by atoms with Crippen molar-refractivity contribution < 1.29 is 9.53 Å². The highest BCUT2D eigenvalue weighted by atomic mass is 35.5. The highest BCUT2D eigenvalue weighted by Gasteiger charge is 2.24. The molecule has 1 aliphatic rings.